The maximum atomic E-state index is 12.8. The third-order valence-corrected chi connectivity index (χ3v) is 10.7. The third-order valence-electron chi connectivity index (χ3n) is 8.30. The number of nitrogens with one attached hydrogen (secondary N) is 2. The Morgan fingerprint density at radius 3 is 2.12 bits per heavy atom. The highest BCUT2D eigenvalue weighted by molar-refractivity contribution is 8.76. The van der Waals surface area contributed by atoms with E-state index >= 15 is 0 Å². The molecule has 0 aliphatic carbocycles. The monoisotopic (exact) mass is 616 g/mol. The number of carbonyl (C=O) groups excluding carboxylic acids is 2. The first kappa shape index (κ1) is 34.1. The fourth-order valence-corrected chi connectivity index (χ4v) is 6.93. The molecule has 1 aliphatic rings. The molecule has 230 valence electrons. The van der Waals surface area contributed by atoms with Crippen molar-refractivity contribution in [2.24, 2.45) is 0 Å². The molecule has 0 saturated carbocycles. The van der Waals surface area contributed by atoms with Crippen LogP contribution in [0.3, 0.4) is 0 Å². The molecule has 1 heterocycles. The van der Waals surface area contributed by atoms with Gasteiger partial charge in [0.2, 0.25) is 5.69 Å². The molecule has 0 fully saturated rings. The van der Waals surface area contributed by atoms with Crippen molar-refractivity contribution in [1.29, 1.82) is 0 Å². The highest BCUT2D eigenvalue weighted by Crippen LogP contribution is 2.40. The normalized spacial score (nSPS) is 14.2. The lowest BCUT2D eigenvalue weighted by Gasteiger charge is -2.25. The molecule has 42 heavy (non-hydrogen) atoms. The number of hydrogen-bond acceptors (Lipinski definition) is 6. The average molecular weight is 617 g/mol. The van der Waals surface area contributed by atoms with Crippen molar-refractivity contribution >= 4 is 50.5 Å². The number of amides is 2. The molecule has 2 aromatic carbocycles. The Morgan fingerprint density at radius 1 is 0.952 bits per heavy atom. The van der Waals surface area contributed by atoms with Crippen molar-refractivity contribution in [3.63, 3.8) is 0 Å². The number of fused-ring (bicyclic) bond motifs is 1. The van der Waals surface area contributed by atoms with Crippen LogP contribution in [0.2, 0.25) is 0 Å². The van der Waals surface area contributed by atoms with Gasteiger partial charge in [-0.2, -0.15) is 4.58 Å². The minimum absolute atomic E-state index is 0.0736. The van der Waals surface area contributed by atoms with Gasteiger partial charge in [0.1, 0.15) is 18.8 Å². The van der Waals surface area contributed by atoms with Crippen LogP contribution in [-0.2, 0) is 10.8 Å². The SMILES string of the molecule is CCC(C)(C)c1cc(C(=O)NCCSSCCNC(=O)c2ccc3c(c2)C(C)(C)C(C)=[N+]3CCO)ccc1[NH2+]CCO. The summed E-state index contributed by atoms with van der Waals surface area (Å²) in [6.45, 7) is 15.3. The molecule has 0 saturated heterocycles. The smallest absolute Gasteiger partial charge is 0.251 e. The Hall–Kier alpha value is -2.37. The van der Waals surface area contributed by atoms with E-state index in [0.717, 1.165) is 40.4 Å². The van der Waals surface area contributed by atoms with Crippen molar-refractivity contribution in [3.05, 3.63) is 58.7 Å². The predicted octanol–water partition coefficient (Wildman–Crippen LogP) is 3.49. The topological polar surface area (TPSA) is 118 Å². The number of benzene rings is 2. The van der Waals surface area contributed by atoms with Gasteiger partial charge in [0.05, 0.1) is 12.0 Å². The average Bonchev–Trinajstić information content (AvgIpc) is 3.17. The number of β-amino-alcohol motifs (C(OH)–C–C–N with tert-alkyl or cyclic N) is 1. The molecule has 0 atom stereocenters. The lowest BCUT2D eigenvalue weighted by atomic mass is 9.80. The molecule has 8 nitrogen and oxygen atoms in total. The number of rotatable bonds is 16. The Morgan fingerprint density at radius 2 is 1.55 bits per heavy atom. The first-order valence-electron chi connectivity index (χ1n) is 14.7. The second-order valence-corrected chi connectivity index (χ2v) is 14.4. The standard InChI is InChI=1S/C32H46N4O4S2/c1-7-31(3,4)25-20-23(8-10-27(25)33-12-16-37)29(39)34-13-18-41-42-19-14-35-30(40)24-9-11-28-26(21-24)32(5,6)22(2)36(28)15-17-38/h8-11,20-21,37-38H,7,12-19H2,1-6H3,(H2-,33,34,35,39,40)/p+2. The van der Waals surface area contributed by atoms with E-state index in [-0.39, 0.29) is 35.9 Å². The van der Waals surface area contributed by atoms with Crippen molar-refractivity contribution in [3.8, 4) is 0 Å². The molecular weight excluding hydrogens is 569 g/mol. The summed E-state index contributed by atoms with van der Waals surface area (Å²) >= 11 is 0. The summed E-state index contributed by atoms with van der Waals surface area (Å²) in [7, 11) is 3.35. The molecule has 2 aromatic rings. The van der Waals surface area contributed by atoms with E-state index in [1.807, 2.05) is 41.7 Å². The number of aliphatic hydroxyl groups is 2. The van der Waals surface area contributed by atoms with E-state index in [9.17, 15) is 19.8 Å². The van der Waals surface area contributed by atoms with Gasteiger partial charge in [0, 0.05) is 65.9 Å². The van der Waals surface area contributed by atoms with Crippen molar-refractivity contribution in [2.75, 3.05) is 50.9 Å². The quantitative estimate of drug-likeness (QED) is 0.0853. The highest BCUT2D eigenvalue weighted by Gasteiger charge is 2.43. The Labute approximate surface area is 258 Å². The van der Waals surface area contributed by atoms with Crippen molar-refractivity contribution in [1.82, 2.24) is 10.6 Å². The Balaban J connectivity index is 1.41. The summed E-state index contributed by atoms with van der Waals surface area (Å²) in [6, 6.07) is 11.6. The number of nitrogens with zero attached hydrogens (tertiary/aromatic N) is 1. The van der Waals surface area contributed by atoms with Gasteiger partial charge in [-0.25, -0.2) is 0 Å². The molecular formula is C32H48N4O4S2+2. The zero-order valence-corrected chi connectivity index (χ0v) is 27.5. The van der Waals surface area contributed by atoms with E-state index in [4.69, 9.17) is 0 Å². The van der Waals surface area contributed by atoms with Crippen LogP contribution < -0.4 is 16.0 Å². The van der Waals surface area contributed by atoms with E-state index in [1.54, 1.807) is 21.6 Å². The number of carbonyl (C=O) groups is 2. The van der Waals surface area contributed by atoms with Gasteiger partial charge in [-0.3, -0.25) is 9.59 Å². The summed E-state index contributed by atoms with van der Waals surface area (Å²) in [5.74, 6) is 1.36. The second kappa shape index (κ2) is 15.4. The fraction of sp³-hybridized carbons (Fsp3) is 0.531. The Kier molecular flexibility index (Phi) is 12.5. The van der Waals surface area contributed by atoms with Crippen LogP contribution in [0.5, 0.6) is 0 Å². The highest BCUT2D eigenvalue weighted by atomic mass is 33.1. The van der Waals surface area contributed by atoms with Gasteiger partial charge in [-0.1, -0.05) is 42.4 Å². The van der Waals surface area contributed by atoms with Gasteiger partial charge < -0.3 is 26.2 Å². The van der Waals surface area contributed by atoms with Gasteiger partial charge >= 0.3 is 0 Å². The first-order chi connectivity index (χ1) is 20.0. The van der Waals surface area contributed by atoms with Crippen molar-refractivity contribution < 1.29 is 29.7 Å². The predicted molar refractivity (Wildman–Crippen MR) is 175 cm³/mol. The van der Waals surface area contributed by atoms with Crippen LogP contribution in [0.1, 0.15) is 79.8 Å². The lowest BCUT2D eigenvalue weighted by molar-refractivity contribution is -0.574. The molecule has 0 aromatic heterocycles. The molecule has 6 N–H and O–H groups in total. The maximum absolute atomic E-state index is 12.8. The minimum atomic E-state index is -0.195. The lowest BCUT2D eigenvalue weighted by Crippen LogP contribution is -2.79. The zero-order valence-electron chi connectivity index (χ0n) is 25.9. The molecule has 3 rings (SSSR count). The number of nitrogens with two attached hydrogens (primary N) is 1. The van der Waals surface area contributed by atoms with Gasteiger partial charge in [0.25, 0.3) is 11.8 Å². The van der Waals surface area contributed by atoms with Crippen molar-refractivity contribution in [2.45, 2.75) is 58.8 Å². The summed E-state index contributed by atoms with van der Waals surface area (Å²) in [5, 5.41) is 26.8. The van der Waals surface area contributed by atoms with Crippen LogP contribution in [0, 0.1) is 0 Å². The first-order valence-corrected chi connectivity index (χ1v) is 17.2. The van der Waals surface area contributed by atoms with Gasteiger partial charge in [-0.05, 0) is 49.9 Å². The summed E-state index contributed by atoms with van der Waals surface area (Å²) in [6.07, 6.45) is 0.945. The number of quaternary nitrogens is 1. The fourth-order valence-electron chi connectivity index (χ4n) is 5.12. The third kappa shape index (κ3) is 8.17. The van der Waals surface area contributed by atoms with Crippen LogP contribution in [0.25, 0.3) is 0 Å². The van der Waals surface area contributed by atoms with Crippen LogP contribution in [0.4, 0.5) is 11.4 Å². The van der Waals surface area contributed by atoms with Crippen LogP contribution >= 0.6 is 21.6 Å². The van der Waals surface area contributed by atoms with E-state index in [0.29, 0.717) is 37.3 Å². The zero-order chi connectivity index (χ0) is 30.9. The van der Waals surface area contributed by atoms with Crippen LogP contribution in [0.15, 0.2) is 36.4 Å². The molecule has 1 aliphatic heterocycles. The largest absolute Gasteiger partial charge is 0.391 e. The maximum Gasteiger partial charge on any atom is 0.251 e. The molecule has 2 amide bonds. The molecule has 0 radical (unpaired) electrons. The summed E-state index contributed by atoms with van der Waals surface area (Å²) < 4.78 is 2.13. The van der Waals surface area contributed by atoms with E-state index in [2.05, 4.69) is 56.8 Å². The number of aliphatic hydroxyl groups excluding tert-OH is 2. The van der Waals surface area contributed by atoms with E-state index < -0.39 is 0 Å². The summed E-state index contributed by atoms with van der Waals surface area (Å²) in [5.41, 5.74) is 6.56. The second-order valence-electron chi connectivity index (χ2n) is 11.7. The molecule has 0 bridgehead atoms. The Bertz CT molecular complexity index is 1260. The van der Waals surface area contributed by atoms with Gasteiger partial charge in [-0.15, -0.1) is 0 Å². The molecule has 0 spiro atoms. The molecule has 10 heteroatoms. The van der Waals surface area contributed by atoms with E-state index in [1.165, 1.54) is 5.71 Å². The summed E-state index contributed by atoms with van der Waals surface area (Å²) in [4.78, 5) is 25.6. The van der Waals surface area contributed by atoms with Gasteiger partial charge in [0.15, 0.2) is 12.3 Å². The number of hydrogen-bond donors (Lipinski definition) is 5. The van der Waals surface area contributed by atoms with Crippen LogP contribution in [-0.4, -0.2) is 83.2 Å². The minimum Gasteiger partial charge on any atom is -0.391 e. The molecule has 0 unspecified atom stereocenters.